The smallest absolute Gasteiger partial charge is 0.412 e. The van der Waals surface area contributed by atoms with Crippen molar-refractivity contribution in [3.63, 3.8) is 0 Å². The zero-order chi connectivity index (χ0) is 20.6. The molecule has 0 aliphatic heterocycles. The second-order valence-electron chi connectivity index (χ2n) is 7.19. The summed E-state index contributed by atoms with van der Waals surface area (Å²) in [7, 11) is 1.62. The van der Waals surface area contributed by atoms with Gasteiger partial charge < -0.3 is 20.5 Å². The van der Waals surface area contributed by atoms with Gasteiger partial charge in [-0.1, -0.05) is 12.1 Å². The molecule has 2 aromatic rings. The van der Waals surface area contributed by atoms with Crippen LogP contribution in [0.4, 0.5) is 16.2 Å². The van der Waals surface area contributed by atoms with Crippen LogP contribution in [-0.4, -0.2) is 31.3 Å². The molecule has 7 nitrogen and oxygen atoms in total. The number of hydrogen-bond donors (Lipinski definition) is 3. The van der Waals surface area contributed by atoms with Gasteiger partial charge in [0, 0.05) is 17.9 Å². The van der Waals surface area contributed by atoms with Gasteiger partial charge >= 0.3 is 6.09 Å². The van der Waals surface area contributed by atoms with Crippen molar-refractivity contribution < 1.29 is 14.3 Å². The van der Waals surface area contributed by atoms with Crippen LogP contribution in [0.15, 0.2) is 53.5 Å². The number of aliphatic imine (C=N–C) groups is 1. The first-order valence-corrected chi connectivity index (χ1v) is 9.05. The largest absolute Gasteiger partial charge is 0.497 e. The topological polar surface area (TPSA) is 98.0 Å². The Hall–Kier alpha value is -3.22. The molecule has 0 saturated carbocycles. The molecule has 2 rings (SSSR count). The maximum Gasteiger partial charge on any atom is 0.412 e. The molecule has 0 unspecified atom stereocenters. The van der Waals surface area contributed by atoms with Crippen molar-refractivity contribution in [2.75, 3.05) is 24.3 Å². The van der Waals surface area contributed by atoms with Crippen LogP contribution in [0.5, 0.6) is 5.75 Å². The fourth-order valence-electron chi connectivity index (χ4n) is 2.34. The Bertz CT molecular complexity index is 794. The number of rotatable bonds is 6. The molecule has 0 spiro atoms. The van der Waals surface area contributed by atoms with Gasteiger partial charge in [-0.15, -0.1) is 0 Å². The lowest BCUT2D eigenvalue weighted by Crippen LogP contribution is -2.27. The van der Waals surface area contributed by atoms with Crippen molar-refractivity contribution in [1.29, 1.82) is 0 Å². The number of guanidine groups is 1. The Morgan fingerprint density at radius 1 is 1.00 bits per heavy atom. The van der Waals surface area contributed by atoms with Crippen molar-refractivity contribution in [2.45, 2.75) is 32.8 Å². The van der Waals surface area contributed by atoms with E-state index in [4.69, 9.17) is 15.2 Å². The summed E-state index contributed by atoms with van der Waals surface area (Å²) in [5.41, 5.74) is 8.01. The minimum absolute atomic E-state index is 0.355. The average molecular weight is 384 g/mol. The lowest BCUT2D eigenvalue weighted by atomic mass is 10.1. The quantitative estimate of drug-likeness (QED) is 0.516. The van der Waals surface area contributed by atoms with Gasteiger partial charge in [0.1, 0.15) is 11.4 Å². The maximum atomic E-state index is 11.8. The molecule has 0 heterocycles. The molecule has 1 amide bonds. The van der Waals surface area contributed by atoms with E-state index in [1.54, 1.807) is 7.11 Å². The highest BCUT2D eigenvalue weighted by Crippen LogP contribution is 2.15. The van der Waals surface area contributed by atoms with Crippen molar-refractivity contribution in [3.8, 4) is 5.75 Å². The van der Waals surface area contributed by atoms with Crippen LogP contribution in [0.2, 0.25) is 0 Å². The predicted molar refractivity (Wildman–Crippen MR) is 113 cm³/mol. The first-order valence-electron chi connectivity index (χ1n) is 9.05. The second kappa shape index (κ2) is 9.64. The lowest BCUT2D eigenvalue weighted by molar-refractivity contribution is 0.0636. The summed E-state index contributed by atoms with van der Waals surface area (Å²) in [5.74, 6) is 1.14. The summed E-state index contributed by atoms with van der Waals surface area (Å²) in [6, 6.07) is 15.0. The van der Waals surface area contributed by atoms with Gasteiger partial charge in [0.15, 0.2) is 5.96 Å². The molecule has 0 bridgehead atoms. The number of hydrogen-bond acceptors (Lipinski definition) is 4. The maximum absolute atomic E-state index is 11.8. The number of nitrogens with one attached hydrogen (secondary N) is 2. The first kappa shape index (κ1) is 21.1. The Morgan fingerprint density at radius 3 is 2.14 bits per heavy atom. The normalized spacial score (nSPS) is 11.6. The molecule has 2 aromatic carbocycles. The summed E-state index contributed by atoms with van der Waals surface area (Å²) in [6.45, 7) is 6.02. The molecule has 0 radical (unpaired) electrons. The molecular weight excluding hydrogens is 356 g/mol. The summed E-state index contributed by atoms with van der Waals surface area (Å²) in [5, 5.41) is 5.75. The van der Waals surface area contributed by atoms with Gasteiger partial charge in [0.2, 0.25) is 0 Å². The summed E-state index contributed by atoms with van der Waals surface area (Å²) in [6.07, 6.45) is 0.264. The van der Waals surface area contributed by atoms with Crippen LogP contribution >= 0.6 is 0 Å². The van der Waals surface area contributed by atoms with E-state index in [2.05, 4.69) is 15.6 Å². The van der Waals surface area contributed by atoms with E-state index in [0.717, 1.165) is 23.4 Å². The predicted octanol–water partition coefficient (Wildman–Crippen LogP) is 4.01. The Morgan fingerprint density at radius 2 is 1.57 bits per heavy atom. The zero-order valence-electron chi connectivity index (χ0n) is 16.8. The van der Waals surface area contributed by atoms with Gasteiger partial charge in [-0.2, -0.15) is 0 Å². The molecule has 7 heteroatoms. The number of anilines is 2. The van der Waals surface area contributed by atoms with Crippen LogP contribution in [0.3, 0.4) is 0 Å². The highest BCUT2D eigenvalue weighted by atomic mass is 16.6. The number of benzene rings is 2. The van der Waals surface area contributed by atoms with Crippen molar-refractivity contribution >= 4 is 23.4 Å². The average Bonchev–Trinajstić information content (AvgIpc) is 2.62. The molecule has 0 aliphatic rings. The molecule has 150 valence electrons. The molecule has 0 aliphatic carbocycles. The highest BCUT2D eigenvalue weighted by molar-refractivity contribution is 5.92. The highest BCUT2D eigenvalue weighted by Gasteiger charge is 2.16. The Labute approximate surface area is 165 Å². The number of carbonyl (C=O) groups excluding carboxylic acids is 1. The van der Waals surface area contributed by atoms with Gasteiger partial charge in [-0.25, -0.2) is 4.79 Å². The van der Waals surface area contributed by atoms with Gasteiger partial charge in [0.25, 0.3) is 0 Å². The summed E-state index contributed by atoms with van der Waals surface area (Å²) in [4.78, 5) is 16.1. The van der Waals surface area contributed by atoms with Gasteiger partial charge in [0.05, 0.1) is 7.11 Å². The number of ether oxygens (including phenoxy) is 2. The monoisotopic (exact) mass is 384 g/mol. The third kappa shape index (κ3) is 7.57. The van der Waals surface area contributed by atoms with E-state index >= 15 is 0 Å². The Balaban J connectivity index is 1.80. The second-order valence-corrected chi connectivity index (χ2v) is 7.19. The first-order chi connectivity index (χ1) is 13.2. The molecule has 0 fully saturated rings. The minimum atomic E-state index is -0.526. The van der Waals surface area contributed by atoms with E-state index < -0.39 is 11.7 Å². The lowest BCUT2D eigenvalue weighted by Gasteiger charge is -2.19. The van der Waals surface area contributed by atoms with Crippen LogP contribution in [0.1, 0.15) is 26.3 Å². The molecular formula is C21H28N4O3. The van der Waals surface area contributed by atoms with Crippen LogP contribution in [0, 0.1) is 0 Å². The third-order valence-electron chi connectivity index (χ3n) is 3.64. The fourth-order valence-corrected chi connectivity index (χ4v) is 2.34. The number of methoxy groups -OCH3 is 1. The van der Waals surface area contributed by atoms with E-state index in [1.807, 2.05) is 69.3 Å². The van der Waals surface area contributed by atoms with E-state index in [9.17, 15) is 4.79 Å². The van der Waals surface area contributed by atoms with E-state index in [-0.39, 0.29) is 0 Å². The fraction of sp³-hybridized carbons (Fsp3) is 0.333. The number of nitrogens with zero attached hydrogens (tertiary/aromatic N) is 1. The Kier molecular flexibility index (Phi) is 7.26. The molecule has 28 heavy (non-hydrogen) atoms. The SMILES string of the molecule is COc1ccc(NC(N)=NCCc2ccc(NC(=O)OC(C)(C)C)cc2)cc1. The van der Waals surface area contributed by atoms with Gasteiger partial charge in [-0.3, -0.25) is 10.3 Å². The molecule has 0 aromatic heterocycles. The standard InChI is InChI=1S/C21H28N4O3/c1-21(2,3)28-20(26)25-17-7-5-15(6-8-17)13-14-23-19(22)24-16-9-11-18(27-4)12-10-16/h5-12H,13-14H2,1-4H3,(H,25,26)(H3,22,23,24). The van der Waals surface area contributed by atoms with E-state index in [0.29, 0.717) is 18.2 Å². The number of amides is 1. The third-order valence-corrected chi connectivity index (χ3v) is 3.64. The van der Waals surface area contributed by atoms with Crippen LogP contribution in [0.25, 0.3) is 0 Å². The van der Waals surface area contributed by atoms with Gasteiger partial charge in [-0.05, 0) is 69.2 Å². The van der Waals surface area contributed by atoms with Crippen LogP contribution in [-0.2, 0) is 11.2 Å². The summed E-state index contributed by atoms with van der Waals surface area (Å²) >= 11 is 0. The van der Waals surface area contributed by atoms with Crippen molar-refractivity contribution in [3.05, 3.63) is 54.1 Å². The van der Waals surface area contributed by atoms with Crippen LogP contribution < -0.4 is 21.1 Å². The molecule has 0 atom stereocenters. The molecule has 4 N–H and O–H groups in total. The zero-order valence-corrected chi connectivity index (χ0v) is 16.8. The number of nitrogens with two attached hydrogens (primary N) is 1. The summed E-state index contributed by atoms with van der Waals surface area (Å²) < 4.78 is 10.3. The van der Waals surface area contributed by atoms with Crippen molar-refractivity contribution in [1.82, 2.24) is 0 Å². The minimum Gasteiger partial charge on any atom is -0.497 e. The van der Waals surface area contributed by atoms with E-state index in [1.165, 1.54) is 0 Å². The number of carbonyl (C=O) groups is 1. The van der Waals surface area contributed by atoms with Crippen molar-refractivity contribution in [2.24, 2.45) is 10.7 Å². The molecule has 0 saturated heterocycles.